The van der Waals surface area contributed by atoms with Crippen LogP contribution in [-0.4, -0.2) is 18.0 Å². The number of esters is 2. The summed E-state index contributed by atoms with van der Waals surface area (Å²) in [5, 5.41) is 0. The molecule has 116 valence electrons. The predicted octanol–water partition coefficient (Wildman–Crippen LogP) is 3.05. The lowest BCUT2D eigenvalue weighted by molar-refractivity contribution is -0.149. The summed E-state index contributed by atoms with van der Waals surface area (Å²) in [4.78, 5) is 23.9. The van der Waals surface area contributed by atoms with Gasteiger partial charge in [-0.1, -0.05) is 12.2 Å². The molecular weight excluding hydrogens is 280 g/mol. The smallest absolute Gasteiger partial charge is 0.312 e. The average molecular weight is 300 g/mol. The SMILES string of the molecule is CC(=O)OC1=CC(C)=C2C=CC[C@@H]3[C@@H](OC(=O)C34CC4)[C@]12C. The first-order chi connectivity index (χ1) is 10.4. The Morgan fingerprint density at radius 3 is 2.77 bits per heavy atom. The van der Waals surface area contributed by atoms with Crippen LogP contribution in [0, 0.1) is 16.7 Å². The number of allylic oxidation sites excluding steroid dienone is 4. The van der Waals surface area contributed by atoms with Crippen LogP contribution in [0.5, 0.6) is 0 Å². The van der Waals surface area contributed by atoms with Crippen molar-refractivity contribution < 1.29 is 19.1 Å². The molecule has 0 radical (unpaired) electrons. The van der Waals surface area contributed by atoms with E-state index in [2.05, 4.69) is 12.2 Å². The van der Waals surface area contributed by atoms with Crippen LogP contribution in [0.2, 0.25) is 0 Å². The number of hydrogen-bond donors (Lipinski definition) is 0. The zero-order valence-electron chi connectivity index (χ0n) is 13.1. The van der Waals surface area contributed by atoms with Gasteiger partial charge in [0.2, 0.25) is 0 Å². The molecule has 4 heteroatoms. The Morgan fingerprint density at radius 2 is 2.14 bits per heavy atom. The molecule has 3 aliphatic carbocycles. The molecule has 0 aromatic heterocycles. The van der Waals surface area contributed by atoms with Gasteiger partial charge >= 0.3 is 11.9 Å². The standard InChI is InChI=1S/C18H20O4/c1-10-9-14(21-11(2)19)17(3)12(10)5-4-6-13-15(17)22-16(20)18(13)7-8-18/h4-5,9,13,15H,6-8H2,1-3H3/t13-,15-,17+/m1/s1. The molecule has 0 N–H and O–H groups in total. The van der Waals surface area contributed by atoms with Gasteiger partial charge in [-0.3, -0.25) is 9.59 Å². The molecule has 1 aliphatic heterocycles. The highest BCUT2D eigenvalue weighted by Crippen LogP contribution is 2.65. The molecule has 4 rings (SSSR count). The first-order valence-corrected chi connectivity index (χ1v) is 7.89. The fraction of sp³-hybridized carbons (Fsp3) is 0.556. The van der Waals surface area contributed by atoms with Gasteiger partial charge in [0, 0.05) is 12.8 Å². The van der Waals surface area contributed by atoms with Gasteiger partial charge in [0.05, 0.1) is 10.8 Å². The molecule has 4 aliphatic rings. The van der Waals surface area contributed by atoms with Gasteiger partial charge in [-0.25, -0.2) is 0 Å². The molecule has 3 atom stereocenters. The third kappa shape index (κ3) is 1.53. The normalized spacial score (nSPS) is 37.4. The molecule has 4 nitrogen and oxygen atoms in total. The summed E-state index contributed by atoms with van der Waals surface area (Å²) in [5.74, 6) is 0.380. The maximum absolute atomic E-state index is 12.4. The van der Waals surface area contributed by atoms with E-state index >= 15 is 0 Å². The van der Waals surface area contributed by atoms with Crippen molar-refractivity contribution in [1.29, 1.82) is 0 Å². The summed E-state index contributed by atoms with van der Waals surface area (Å²) in [6, 6.07) is 0. The minimum Gasteiger partial charge on any atom is -0.460 e. The Bertz CT molecular complexity index is 677. The second-order valence-corrected chi connectivity index (χ2v) is 7.13. The summed E-state index contributed by atoms with van der Waals surface area (Å²) in [7, 11) is 0. The van der Waals surface area contributed by atoms with E-state index in [1.807, 2.05) is 19.9 Å². The molecule has 2 fully saturated rings. The number of rotatable bonds is 1. The largest absolute Gasteiger partial charge is 0.460 e. The minimum absolute atomic E-state index is 0.0647. The fourth-order valence-corrected chi connectivity index (χ4v) is 4.52. The lowest BCUT2D eigenvalue weighted by Crippen LogP contribution is -2.39. The molecule has 0 unspecified atom stereocenters. The quantitative estimate of drug-likeness (QED) is 0.698. The first-order valence-electron chi connectivity index (χ1n) is 7.89. The second kappa shape index (κ2) is 4.12. The van der Waals surface area contributed by atoms with E-state index in [1.54, 1.807) is 0 Å². The number of carbonyl (C=O) groups excluding carboxylic acids is 2. The van der Waals surface area contributed by atoms with Gasteiger partial charge in [0.15, 0.2) is 0 Å². The lowest BCUT2D eigenvalue weighted by atomic mass is 9.70. The molecule has 1 heterocycles. The van der Waals surface area contributed by atoms with E-state index in [0.717, 1.165) is 30.4 Å². The first kappa shape index (κ1) is 13.8. The summed E-state index contributed by atoms with van der Waals surface area (Å²) in [6.07, 6.45) is 8.60. The molecule has 1 spiro atoms. The Hall–Kier alpha value is -1.84. The highest BCUT2D eigenvalue weighted by Gasteiger charge is 2.69. The van der Waals surface area contributed by atoms with Crippen molar-refractivity contribution in [2.75, 3.05) is 0 Å². The van der Waals surface area contributed by atoms with Crippen LogP contribution in [0.4, 0.5) is 0 Å². The van der Waals surface area contributed by atoms with E-state index < -0.39 is 5.41 Å². The number of hydrogen-bond acceptors (Lipinski definition) is 4. The van der Waals surface area contributed by atoms with Crippen molar-refractivity contribution in [2.45, 2.75) is 46.1 Å². The number of fused-ring (bicyclic) bond motifs is 4. The summed E-state index contributed by atoms with van der Waals surface area (Å²) < 4.78 is 11.4. The number of ether oxygens (including phenoxy) is 2. The summed E-state index contributed by atoms with van der Waals surface area (Å²) in [5.41, 5.74) is 1.32. The Morgan fingerprint density at radius 1 is 1.41 bits per heavy atom. The van der Waals surface area contributed by atoms with Crippen LogP contribution >= 0.6 is 0 Å². The third-order valence-corrected chi connectivity index (χ3v) is 5.85. The van der Waals surface area contributed by atoms with E-state index in [4.69, 9.17) is 9.47 Å². The Labute approximate surface area is 129 Å². The summed E-state index contributed by atoms with van der Waals surface area (Å²) in [6.45, 7) is 5.46. The van der Waals surface area contributed by atoms with Crippen molar-refractivity contribution in [1.82, 2.24) is 0 Å². The molecule has 0 aromatic rings. The van der Waals surface area contributed by atoms with E-state index in [9.17, 15) is 9.59 Å². The van der Waals surface area contributed by atoms with Crippen LogP contribution in [0.25, 0.3) is 0 Å². The fourth-order valence-electron chi connectivity index (χ4n) is 4.52. The second-order valence-electron chi connectivity index (χ2n) is 7.13. The Balaban J connectivity index is 1.83. The van der Waals surface area contributed by atoms with Crippen molar-refractivity contribution in [3.05, 3.63) is 35.1 Å². The minimum atomic E-state index is -0.560. The highest BCUT2D eigenvalue weighted by molar-refractivity contribution is 5.83. The molecule has 0 amide bonds. The van der Waals surface area contributed by atoms with E-state index in [-0.39, 0.29) is 29.4 Å². The van der Waals surface area contributed by atoms with Gasteiger partial charge in [-0.05, 0) is 50.3 Å². The van der Waals surface area contributed by atoms with Gasteiger partial charge in [0.25, 0.3) is 0 Å². The monoisotopic (exact) mass is 300 g/mol. The molecule has 0 aromatic carbocycles. The lowest BCUT2D eigenvalue weighted by Gasteiger charge is -2.36. The van der Waals surface area contributed by atoms with Crippen LogP contribution in [0.3, 0.4) is 0 Å². The van der Waals surface area contributed by atoms with Gasteiger partial charge in [0.1, 0.15) is 11.9 Å². The highest BCUT2D eigenvalue weighted by atomic mass is 16.6. The van der Waals surface area contributed by atoms with Crippen molar-refractivity contribution in [3.8, 4) is 0 Å². The van der Waals surface area contributed by atoms with E-state index in [1.165, 1.54) is 6.92 Å². The topological polar surface area (TPSA) is 52.6 Å². The van der Waals surface area contributed by atoms with Crippen LogP contribution in [0.1, 0.15) is 40.0 Å². The van der Waals surface area contributed by atoms with Crippen LogP contribution in [0.15, 0.2) is 35.1 Å². The zero-order valence-corrected chi connectivity index (χ0v) is 13.1. The molecular formula is C18H20O4. The molecule has 0 bridgehead atoms. The van der Waals surface area contributed by atoms with Gasteiger partial charge in [-0.2, -0.15) is 0 Å². The maximum Gasteiger partial charge on any atom is 0.312 e. The van der Waals surface area contributed by atoms with Crippen LogP contribution in [-0.2, 0) is 19.1 Å². The molecule has 22 heavy (non-hydrogen) atoms. The van der Waals surface area contributed by atoms with Gasteiger partial charge in [-0.15, -0.1) is 0 Å². The summed E-state index contributed by atoms with van der Waals surface area (Å²) >= 11 is 0. The zero-order chi connectivity index (χ0) is 15.7. The van der Waals surface area contributed by atoms with E-state index in [0.29, 0.717) is 5.76 Å². The van der Waals surface area contributed by atoms with Crippen molar-refractivity contribution in [2.24, 2.45) is 16.7 Å². The van der Waals surface area contributed by atoms with Gasteiger partial charge < -0.3 is 9.47 Å². The average Bonchev–Trinajstić information content (AvgIpc) is 3.15. The third-order valence-electron chi connectivity index (χ3n) is 5.85. The van der Waals surface area contributed by atoms with Crippen LogP contribution < -0.4 is 0 Å². The predicted molar refractivity (Wildman–Crippen MR) is 79.5 cm³/mol. The molecule has 1 saturated carbocycles. The Kier molecular flexibility index (Phi) is 2.58. The number of carbonyl (C=O) groups is 2. The van der Waals surface area contributed by atoms with Crippen molar-refractivity contribution in [3.63, 3.8) is 0 Å². The van der Waals surface area contributed by atoms with Crippen molar-refractivity contribution >= 4 is 11.9 Å². The molecule has 1 saturated heterocycles. The maximum atomic E-state index is 12.4.